The van der Waals surface area contributed by atoms with E-state index in [9.17, 15) is 18.0 Å². The van der Waals surface area contributed by atoms with E-state index in [2.05, 4.69) is 10.2 Å². The van der Waals surface area contributed by atoms with Crippen molar-refractivity contribution in [3.8, 4) is 0 Å². The molecule has 1 aromatic heterocycles. The van der Waals surface area contributed by atoms with Gasteiger partial charge in [-0.3, -0.25) is 9.59 Å². The van der Waals surface area contributed by atoms with E-state index in [1.165, 1.54) is 36.0 Å². The summed E-state index contributed by atoms with van der Waals surface area (Å²) in [7, 11) is -3.77. The number of fused-ring (bicyclic) bond motifs is 4. The molecule has 164 valence electrons. The summed E-state index contributed by atoms with van der Waals surface area (Å²) in [5, 5.41) is 7.80. The number of aromatic nitrogens is 1. The zero-order chi connectivity index (χ0) is 22.2. The lowest BCUT2D eigenvalue weighted by Gasteiger charge is -2.43. The second kappa shape index (κ2) is 8.73. The molecule has 3 heterocycles. The van der Waals surface area contributed by atoms with Crippen LogP contribution in [0.2, 0.25) is 0 Å². The number of carbonyl (C=O) groups excluding carboxylic acids is 1. The summed E-state index contributed by atoms with van der Waals surface area (Å²) in [6, 6.07) is 11.1. The number of anilines is 1. The minimum atomic E-state index is -3.77. The second-order valence-corrected chi connectivity index (χ2v) is 10.9. The van der Waals surface area contributed by atoms with E-state index >= 15 is 0 Å². The summed E-state index contributed by atoms with van der Waals surface area (Å²) in [5.74, 6) is 0.532. The van der Waals surface area contributed by atoms with Crippen LogP contribution in [0.4, 0.5) is 5.69 Å². The Balaban J connectivity index is 1.32. The molecule has 31 heavy (non-hydrogen) atoms. The topological polar surface area (TPSA) is 114 Å². The number of amides is 1. The van der Waals surface area contributed by atoms with Crippen molar-refractivity contribution in [2.75, 3.05) is 24.2 Å². The molecule has 2 aromatic rings. The summed E-state index contributed by atoms with van der Waals surface area (Å²) in [5.41, 5.74) is 1.59. The fourth-order valence-electron chi connectivity index (χ4n) is 4.19. The molecular formula is C20H22N4O4S3. The van der Waals surface area contributed by atoms with Crippen molar-refractivity contribution in [1.82, 2.24) is 9.47 Å². The van der Waals surface area contributed by atoms with E-state index in [4.69, 9.17) is 17.4 Å². The summed E-state index contributed by atoms with van der Waals surface area (Å²) >= 11 is 6.88. The minimum Gasteiger partial charge on any atom is -0.356 e. The van der Waals surface area contributed by atoms with Gasteiger partial charge in [0.2, 0.25) is 15.9 Å². The Morgan fingerprint density at radius 2 is 1.90 bits per heavy atom. The van der Waals surface area contributed by atoms with Crippen molar-refractivity contribution in [1.29, 1.82) is 0 Å². The molecule has 0 aliphatic carbocycles. The largest absolute Gasteiger partial charge is 0.356 e. The number of nitrogens with one attached hydrogen (secondary N) is 1. The number of hydrogen-bond donors (Lipinski definition) is 2. The van der Waals surface area contributed by atoms with E-state index in [1.807, 2.05) is 10.6 Å². The smallest absolute Gasteiger partial charge is 0.250 e. The molecule has 0 saturated carbocycles. The Bertz CT molecular complexity index is 1180. The Kier molecular flexibility index (Phi) is 6.20. The van der Waals surface area contributed by atoms with Gasteiger partial charge in [-0.2, -0.15) is 0 Å². The van der Waals surface area contributed by atoms with Crippen LogP contribution in [0.3, 0.4) is 0 Å². The van der Waals surface area contributed by atoms with Crippen LogP contribution in [-0.4, -0.2) is 47.0 Å². The van der Waals surface area contributed by atoms with Crippen LogP contribution in [-0.2, 0) is 21.4 Å². The van der Waals surface area contributed by atoms with Gasteiger partial charge in [0, 0.05) is 43.0 Å². The highest BCUT2D eigenvalue weighted by molar-refractivity contribution is 8.23. The maximum atomic E-state index is 12.3. The molecule has 2 aliphatic rings. The van der Waals surface area contributed by atoms with Gasteiger partial charge in [-0.1, -0.05) is 30.0 Å². The SMILES string of the molecule is NS(=O)(=O)c1ccc(NC(=O)CSC(=S)N2C[C@@H]3C[C@@H](C2)c2cccc(=O)n2C3)cc1. The number of pyridine rings is 1. The van der Waals surface area contributed by atoms with Crippen molar-refractivity contribution < 1.29 is 13.2 Å². The van der Waals surface area contributed by atoms with Crippen molar-refractivity contribution in [2.24, 2.45) is 11.1 Å². The summed E-state index contributed by atoms with van der Waals surface area (Å²) in [6.45, 7) is 2.21. The summed E-state index contributed by atoms with van der Waals surface area (Å²) < 4.78 is 25.1. The van der Waals surface area contributed by atoms with Crippen molar-refractivity contribution >= 4 is 49.9 Å². The Morgan fingerprint density at radius 3 is 2.61 bits per heavy atom. The number of thiocarbonyl (C=S) groups is 1. The van der Waals surface area contributed by atoms with E-state index in [1.54, 1.807) is 12.1 Å². The van der Waals surface area contributed by atoms with Gasteiger partial charge < -0.3 is 14.8 Å². The summed E-state index contributed by atoms with van der Waals surface area (Å²) in [4.78, 5) is 26.6. The number of carbonyl (C=O) groups is 1. The molecule has 1 saturated heterocycles. The van der Waals surface area contributed by atoms with Crippen molar-refractivity contribution in [2.45, 2.75) is 23.8 Å². The Hall–Kier alpha value is -2.21. The first-order valence-corrected chi connectivity index (χ1v) is 12.7. The van der Waals surface area contributed by atoms with Gasteiger partial charge in [0.15, 0.2) is 0 Å². The number of piperidine rings is 1. The summed E-state index contributed by atoms with van der Waals surface area (Å²) in [6.07, 6.45) is 1.04. The van der Waals surface area contributed by atoms with Gasteiger partial charge in [0.05, 0.1) is 10.6 Å². The Labute approximate surface area is 189 Å². The number of nitrogens with zero attached hydrogens (tertiary/aromatic N) is 2. The van der Waals surface area contributed by atoms with Crippen molar-refractivity contribution in [3.63, 3.8) is 0 Å². The van der Waals surface area contributed by atoms with Gasteiger partial charge in [0.1, 0.15) is 4.32 Å². The van der Waals surface area contributed by atoms with Gasteiger partial charge in [-0.05, 0) is 42.7 Å². The molecule has 1 amide bonds. The highest BCUT2D eigenvalue weighted by Crippen LogP contribution is 2.36. The van der Waals surface area contributed by atoms with Gasteiger partial charge in [0.25, 0.3) is 5.56 Å². The van der Waals surface area contributed by atoms with Crippen LogP contribution < -0.4 is 16.0 Å². The monoisotopic (exact) mass is 478 g/mol. The first-order valence-electron chi connectivity index (χ1n) is 9.75. The van der Waals surface area contributed by atoms with E-state index < -0.39 is 10.0 Å². The highest BCUT2D eigenvalue weighted by Gasteiger charge is 2.35. The first kappa shape index (κ1) is 22.0. The normalized spacial score (nSPS) is 20.1. The molecule has 2 aliphatic heterocycles. The number of nitrogens with two attached hydrogens (primary N) is 1. The maximum Gasteiger partial charge on any atom is 0.250 e. The number of likely N-dealkylation sites (tertiary alicyclic amines) is 1. The lowest BCUT2D eigenvalue weighted by Crippen LogP contribution is -2.48. The second-order valence-electron chi connectivity index (χ2n) is 7.78. The minimum absolute atomic E-state index is 0.0134. The van der Waals surface area contributed by atoms with Crippen LogP contribution in [0.1, 0.15) is 18.0 Å². The molecule has 4 rings (SSSR count). The van der Waals surface area contributed by atoms with Crippen LogP contribution in [0, 0.1) is 5.92 Å². The number of primary sulfonamides is 1. The van der Waals surface area contributed by atoms with E-state index in [-0.39, 0.29) is 28.0 Å². The standard InChI is InChI=1S/C20H22N4O4S3/c21-31(27,28)16-6-4-15(5-7-16)22-18(25)12-30-20(29)23-9-13-8-14(11-23)17-2-1-3-19(26)24(17)10-13/h1-7,13-14H,8-12H2,(H,22,25)(H2,21,27,28)/t13-,14-/m0/s1. The zero-order valence-electron chi connectivity index (χ0n) is 16.6. The fourth-order valence-corrected chi connectivity index (χ4v) is 5.69. The maximum absolute atomic E-state index is 12.3. The third-order valence-electron chi connectivity index (χ3n) is 5.53. The average molecular weight is 479 g/mol. The molecule has 0 spiro atoms. The fraction of sp³-hybridized carbons (Fsp3) is 0.350. The molecule has 0 unspecified atom stereocenters. The quantitative estimate of drug-likeness (QED) is 0.641. The van der Waals surface area contributed by atoms with Gasteiger partial charge >= 0.3 is 0 Å². The lowest BCUT2D eigenvalue weighted by atomic mass is 9.83. The van der Waals surface area contributed by atoms with E-state index in [0.717, 1.165) is 25.2 Å². The van der Waals surface area contributed by atoms with E-state index in [0.29, 0.717) is 22.5 Å². The van der Waals surface area contributed by atoms with Gasteiger partial charge in [-0.15, -0.1) is 0 Å². The molecule has 2 bridgehead atoms. The lowest BCUT2D eigenvalue weighted by molar-refractivity contribution is -0.113. The van der Waals surface area contributed by atoms with Crippen LogP contribution in [0.15, 0.2) is 52.2 Å². The van der Waals surface area contributed by atoms with Gasteiger partial charge in [-0.25, -0.2) is 13.6 Å². The molecule has 11 heteroatoms. The third kappa shape index (κ3) is 5.00. The molecule has 8 nitrogen and oxygen atoms in total. The van der Waals surface area contributed by atoms with Crippen LogP contribution in [0.25, 0.3) is 0 Å². The highest BCUT2D eigenvalue weighted by atomic mass is 32.2. The predicted molar refractivity (Wildman–Crippen MR) is 125 cm³/mol. The number of hydrogen-bond acceptors (Lipinski definition) is 6. The number of thioether (sulfide) groups is 1. The molecule has 2 atom stereocenters. The number of rotatable bonds is 4. The molecule has 0 radical (unpaired) electrons. The molecule has 1 fully saturated rings. The molecule has 3 N–H and O–H groups in total. The zero-order valence-corrected chi connectivity index (χ0v) is 19.0. The number of benzene rings is 1. The third-order valence-corrected chi connectivity index (χ3v) is 7.98. The Morgan fingerprint density at radius 1 is 1.16 bits per heavy atom. The van der Waals surface area contributed by atoms with Crippen LogP contribution in [0.5, 0.6) is 0 Å². The first-order chi connectivity index (χ1) is 14.7. The molecular weight excluding hydrogens is 456 g/mol. The number of sulfonamides is 1. The van der Waals surface area contributed by atoms with Crippen molar-refractivity contribution in [3.05, 3.63) is 58.5 Å². The van der Waals surface area contributed by atoms with Crippen LogP contribution >= 0.6 is 24.0 Å². The molecule has 1 aromatic carbocycles. The predicted octanol–water partition coefficient (Wildman–Crippen LogP) is 1.57. The average Bonchev–Trinajstić information content (AvgIpc) is 2.72.